The van der Waals surface area contributed by atoms with E-state index in [1.54, 1.807) is 24.2 Å². The normalized spacial score (nSPS) is 12.3. The summed E-state index contributed by atoms with van der Waals surface area (Å²) in [4.78, 5) is 7.03. The van der Waals surface area contributed by atoms with Crippen LogP contribution < -0.4 is 5.32 Å². The van der Waals surface area contributed by atoms with Crippen LogP contribution in [0.3, 0.4) is 0 Å². The van der Waals surface area contributed by atoms with Crippen molar-refractivity contribution in [2.45, 2.75) is 18.1 Å². The van der Waals surface area contributed by atoms with Crippen LogP contribution in [-0.4, -0.2) is 28.3 Å². The summed E-state index contributed by atoms with van der Waals surface area (Å²) >= 11 is 1.55. The summed E-state index contributed by atoms with van der Waals surface area (Å²) in [6, 6.07) is 2.09. The molecule has 1 heterocycles. The van der Waals surface area contributed by atoms with Gasteiger partial charge in [0.05, 0.1) is 6.07 Å². The van der Waals surface area contributed by atoms with Crippen LogP contribution in [0.2, 0.25) is 0 Å². The third-order valence-electron chi connectivity index (χ3n) is 1.47. The van der Waals surface area contributed by atoms with Crippen LogP contribution >= 0.6 is 11.8 Å². The first-order valence-electron chi connectivity index (χ1n) is 4.12. The van der Waals surface area contributed by atoms with E-state index in [2.05, 4.69) is 21.4 Å². The fourth-order valence-corrected chi connectivity index (χ4v) is 1.68. The van der Waals surface area contributed by atoms with Gasteiger partial charge in [0.25, 0.3) is 0 Å². The van der Waals surface area contributed by atoms with E-state index in [0.717, 1.165) is 17.5 Å². The molecule has 1 rings (SSSR count). The number of thioether (sulfide) groups is 1. The Kier molecular flexibility index (Phi) is 4.36. The summed E-state index contributed by atoms with van der Waals surface area (Å²) in [5.74, 6) is 0.720. The third-order valence-corrected chi connectivity index (χ3v) is 2.46. The molecule has 0 fully saturated rings. The lowest BCUT2D eigenvalue weighted by molar-refractivity contribution is 0.677. The number of aromatic amines is 1. The van der Waals surface area contributed by atoms with Crippen LogP contribution in [0.5, 0.6) is 0 Å². The van der Waals surface area contributed by atoms with Gasteiger partial charge in [-0.15, -0.1) is 0 Å². The molecule has 0 aliphatic rings. The van der Waals surface area contributed by atoms with E-state index in [9.17, 15) is 0 Å². The van der Waals surface area contributed by atoms with Gasteiger partial charge in [-0.25, -0.2) is 4.98 Å². The molecule has 2 N–H and O–H groups in total. The Bertz CT molecular complexity index is 264. The maximum atomic E-state index is 8.73. The standard InChI is InChI=1S/C8H12N4S/c1-2-10-7(5-9)6-13-8-11-3-4-12-8/h3-4,7,10H,2,6H2,1H3,(H,11,12). The summed E-state index contributed by atoms with van der Waals surface area (Å²) in [5.41, 5.74) is 0. The third kappa shape index (κ3) is 3.49. The van der Waals surface area contributed by atoms with Gasteiger partial charge in [0, 0.05) is 18.1 Å². The molecule has 0 radical (unpaired) electrons. The van der Waals surface area contributed by atoms with Gasteiger partial charge in [0.1, 0.15) is 6.04 Å². The van der Waals surface area contributed by atoms with Gasteiger partial charge in [-0.3, -0.25) is 0 Å². The van der Waals surface area contributed by atoms with Crippen LogP contribution in [0.15, 0.2) is 17.6 Å². The summed E-state index contributed by atoms with van der Waals surface area (Å²) in [5, 5.41) is 12.7. The number of nitrogens with one attached hydrogen (secondary N) is 2. The minimum atomic E-state index is -0.0971. The highest BCUT2D eigenvalue weighted by Crippen LogP contribution is 2.12. The maximum Gasteiger partial charge on any atom is 0.165 e. The Morgan fingerprint density at radius 2 is 2.69 bits per heavy atom. The minimum absolute atomic E-state index is 0.0971. The van der Waals surface area contributed by atoms with Crippen molar-refractivity contribution in [3.63, 3.8) is 0 Å². The van der Waals surface area contributed by atoms with Crippen LogP contribution in [0.4, 0.5) is 0 Å². The zero-order valence-corrected chi connectivity index (χ0v) is 8.27. The summed E-state index contributed by atoms with van der Waals surface area (Å²) in [6.45, 7) is 2.80. The minimum Gasteiger partial charge on any atom is -0.340 e. The van der Waals surface area contributed by atoms with Gasteiger partial charge in [-0.05, 0) is 6.54 Å². The molecule has 1 aromatic heterocycles. The summed E-state index contributed by atoms with van der Waals surface area (Å²) in [6.07, 6.45) is 3.48. The summed E-state index contributed by atoms with van der Waals surface area (Å²) < 4.78 is 0. The fraction of sp³-hybridized carbons (Fsp3) is 0.500. The average molecular weight is 196 g/mol. The van der Waals surface area contributed by atoms with E-state index in [1.165, 1.54) is 0 Å². The van der Waals surface area contributed by atoms with Crippen LogP contribution in [-0.2, 0) is 0 Å². The van der Waals surface area contributed by atoms with Gasteiger partial charge in [0.2, 0.25) is 0 Å². The fourth-order valence-electron chi connectivity index (χ4n) is 0.880. The molecule has 0 bridgehead atoms. The van der Waals surface area contributed by atoms with E-state index in [4.69, 9.17) is 5.26 Å². The molecule has 1 unspecified atom stereocenters. The van der Waals surface area contributed by atoms with Crippen LogP contribution in [0, 0.1) is 11.3 Å². The molecule has 1 aromatic rings. The molecule has 13 heavy (non-hydrogen) atoms. The molecule has 70 valence electrons. The van der Waals surface area contributed by atoms with Crippen molar-refractivity contribution in [1.29, 1.82) is 5.26 Å². The van der Waals surface area contributed by atoms with Crippen molar-refractivity contribution in [3.8, 4) is 6.07 Å². The lowest BCUT2D eigenvalue weighted by atomic mass is 10.4. The highest BCUT2D eigenvalue weighted by Gasteiger charge is 2.06. The molecule has 0 saturated heterocycles. The molecular formula is C8H12N4S. The predicted molar refractivity (Wildman–Crippen MR) is 52.4 cm³/mol. The largest absolute Gasteiger partial charge is 0.340 e. The van der Waals surface area contributed by atoms with Crippen molar-refractivity contribution < 1.29 is 0 Å². The van der Waals surface area contributed by atoms with Crippen molar-refractivity contribution in [2.75, 3.05) is 12.3 Å². The first kappa shape index (κ1) is 10.1. The zero-order chi connectivity index (χ0) is 9.52. The average Bonchev–Trinajstić information content (AvgIpc) is 2.64. The SMILES string of the molecule is CCNC(C#N)CSc1ncc[nH]1. The van der Waals surface area contributed by atoms with Crippen molar-refractivity contribution in [3.05, 3.63) is 12.4 Å². The van der Waals surface area contributed by atoms with E-state index in [1.807, 2.05) is 6.92 Å². The van der Waals surface area contributed by atoms with E-state index < -0.39 is 0 Å². The lowest BCUT2D eigenvalue weighted by Crippen LogP contribution is -2.29. The Morgan fingerprint density at radius 1 is 1.85 bits per heavy atom. The molecule has 0 amide bonds. The number of nitrogens with zero attached hydrogens (tertiary/aromatic N) is 2. The molecule has 4 nitrogen and oxygen atoms in total. The van der Waals surface area contributed by atoms with E-state index in [0.29, 0.717) is 0 Å². The van der Waals surface area contributed by atoms with Gasteiger partial charge >= 0.3 is 0 Å². The molecule has 0 aromatic carbocycles. The van der Waals surface area contributed by atoms with Crippen molar-refractivity contribution in [1.82, 2.24) is 15.3 Å². The molecule has 0 aliphatic heterocycles. The predicted octanol–water partition coefficient (Wildman–Crippen LogP) is 1.00. The van der Waals surface area contributed by atoms with Gasteiger partial charge in [-0.1, -0.05) is 18.7 Å². The molecule has 0 aliphatic carbocycles. The Hall–Kier alpha value is -0.990. The molecular weight excluding hydrogens is 184 g/mol. The van der Waals surface area contributed by atoms with Crippen molar-refractivity contribution in [2.24, 2.45) is 0 Å². The second kappa shape index (κ2) is 5.62. The van der Waals surface area contributed by atoms with Crippen molar-refractivity contribution >= 4 is 11.8 Å². The first-order valence-corrected chi connectivity index (χ1v) is 5.10. The van der Waals surface area contributed by atoms with Gasteiger partial charge in [0.15, 0.2) is 5.16 Å². The molecule has 1 atom stereocenters. The van der Waals surface area contributed by atoms with Gasteiger partial charge in [-0.2, -0.15) is 5.26 Å². The highest BCUT2D eigenvalue weighted by molar-refractivity contribution is 7.99. The molecule has 0 saturated carbocycles. The number of H-pyrrole nitrogens is 1. The first-order chi connectivity index (χ1) is 6.36. The lowest BCUT2D eigenvalue weighted by Gasteiger charge is -2.06. The smallest absolute Gasteiger partial charge is 0.165 e. The number of hydrogen-bond donors (Lipinski definition) is 2. The Labute approximate surface area is 81.8 Å². The number of rotatable bonds is 5. The number of imidazole rings is 1. The van der Waals surface area contributed by atoms with E-state index >= 15 is 0 Å². The zero-order valence-electron chi connectivity index (χ0n) is 7.45. The number of nitriles is 1. The Morgan fingerprint density at radius 3 is 3.23 bits per heavy atom. The quantitative estimate of drug-likeness (QED) is 0.690. The molecule has 0 spiro atoms. The van der Waals surface area contributed by atoms with Crippen LogP contribution in [0.1, 0.15) is 6.92 Å². The van der Waals surface area contributed by atoms with Crippen LogP contribution in [0.25, 0.3) is 0 Å². The number of hydrogen-bond acceptors (Lipinski definition) is 4. The van der Waals surface area contributed by atoms with Gasteiger partial charge < -0.3 is 10.3 Å². The Balaban J connectivity index is 2.29. The second-order valence-corrected chi connectivity index (χ2v) is 3.45. The number of aromatic nitrogens is 2. The monoisotopic (exact) mass is 196 g/mol. The maximum absolute atomic E-state index is 8.73. The highest BCUT2D eigenvalue weighted by atomic mass is 32.2. The second-order valence-electron chi connectivity index (χ2n) is 2.44. The summed E-state index contributed by atoms with van der Waals surface area (Å²) in [7, 11) is 0. The molecule has 5 heteroatoms. The van der Waals surface area contributed by atoms with E-state index in [-0.39, 0.29) is 6.04 Å². The topological polar surface area (TPSA) is 64.5 Å².